The summed E-state index contributed by atoms with van der Waals surface area (Å²) >= 11 is 0. The van der Waals surface area contributed by atoms with Gasteiger partial charge in [0.25, 0.3) is 0 Å². The molecule has 0 fully saturated rings. The third kappa shape index (κ3) is 19.3. The molecule has 0 spiro atoms. The fraction of sp³-hybridized carbons (Fsp3) is 0.543. The lowest BCUT2D eigenvalue weighted by Gasteiger charge is -2.09. The number of Topliss-reactive ketones (excluding diaryl/α,β-unsaturated/α-hetero) is 3. The SMILES string of the molecule is CB(C)C.CB(C)C.CC.CC.CC.CC.Cc1cc2c(c(C)c1C)CCC2=O.Cc1ccc2c(c1)CCC2=O.Cc1ccc2c(c1)CCC2=O. The monoisotopic (exact) mass is 699 g/mol. The second kappa shape index (κ2) is 29.4. The number of ketones is 3. The van der Waals surface area contributed by atoms with Crippen LogP contribution in [-0.2, 0) is 19.3 Å². The van der Waals surface area contributed by atoms with E-state index in [0.29, 0.717) is 36.6 Å². The van der Waals surface area contributed by atoms with Crippen molar-refractivity contribution in [3.63, 3.8) is 0 Å². The maximum Gasteiger partial charge on any atom is 0.163 e. The lowest BCUT2D eigenvalue weighted by Crippen LogP contribution is -1.97. The molecule has 6 rings (SSSR count). The van der Waals surface area contributed by atoms with Gasteiger partial charge in [-0.05, 0) is 93.3 Å². The van der Waals surface area contributed by atoms with Crippen molar-refractivity contribution in [1.29, 1.82) is 0 Å². The highest BCUT2D eigenvalue weighted by Crippen LogP contribution is 2.29. The summed E-state index contributed by atoms with van der Waals surface area (Å²) in [5.41, 5.74) is 13.0. The molecular formula is C46H76B2O3. The Morgan fingerprint density at radius 2 is 0.725 bits per heavy atom. The molecule has 0 unspecified atom stereocenters. The molecule has 0 amide bonds. The molecule has 0 heterocycles. The van der Waals surface area contributed by atoms with E-state index in [1.165, 1.54) is 44.5 Å². The van der Waals surface area contributed by atoms with E-state index in [-0.39, 0.29) is 0 Å². The lowest BCUT2D eigenvalue weighted by atomic mass is 9.58. The van der Waals surface area contributed by atoms with Crippen LogP contribution in [0.15, 0.2) is 42.5 Å². The van der Waals surface area contributed by atoms with Gasteiger partial charge in [0.1, 0.15) is 13.4 Å². The largest absolute Gasteiger partial charge is 0.294 e. The molecule has 0 saturated carbocycles. The Morgan fingerprint density at radius 3 is 1.08 bits per heavy atom. The molecule has 0 saturated heterocycles. The van der Waals surface area contributed by atoms with E-state index in [2.05, 4.69) is 87.7 Å². The first-order chi connectivity index (χ1) is 24.1. The summed E-state index contributed by atoms with van der Waals surface area (Å²) in [6, 6.07) is 14.2. The van der Waals surface area contributed by atoms with Crippen molar-refractivity contribution < 1.29 is 14.4 Å². The molecule has 0 radical (unpaired) electrons. The van der Waals surface area contributed by atoms with Crippen LogP contribution < -0.4 is 0 Å². The molecule has 3 aliphatic rings. The Balaban J connectivity index is -0.000000565. The number of benzene rings is 3. The van der Waals surface area contributed by atoms with Crippen LogP contribution in [0.4, 0.5) is 0 Å². The van der Waals surface area contributed by atoms with Gasteiger partial charge in [0.05, 0.1) is 0 Å². The number of hydrogen-bond acceptors (Lipinski definition) is 3. The molecule has 3 aromatic rings. The Hall–Kier alpha value is -3.20. The van der Waals surface area contributed by atoms with E-state index in [9.17, 15) is 14.4 Å². The molecule has 3 nitrogen and oxygen atoms in total. The van der Waals surface area contributed by atoms with Crippen molar-refractivity contribution >= 4 is 30.8 Å². The number of hydrogen-bond donors (Lipinski definition) is 0. The van der Waals surface area contributed by atoms with Crippen molar-refractivity contribution in [2.45, 2.75) is 169 Å². The molecular weight excluding hydrogens is 622 g/mol. The normalized spacial score (nSPS) is 11.9. The van der Waals surface area contributed by atoms with Crippen LogP contribution in [0.25, 0.3) is 0 Å². The van der Waals surface area contributed by atoms with E-state index in [1.54, 1.807) is 0 Å². The van der Waals surface area contributed by atoms with Crippen LogP contribution in [0.5, 0.6) is 0 Å². The van der Waals surface area contributed by atoms with Crippen LogP contribution in [0, 0.1) is 34.6 Å². The predicted octanol–water partition coefficient (Wildman–Crippen LogP) is 13.8. The topological polar surface area (TPSA) is 51.2 Å². The summed E-state index contributed by atoms with van der Waals surface area (Å²) in [7, 11) is 0. The fourth-order valence-electron chi connectivity index (χ4n) is 5.25. The minimum absolute atomic E-state index is 0.306. The van der Waals surface area contributed by atoms with Crippen molar-refractivity contribution in [2.24, 2.45) is 0 Å². The Morgan fingerprint density at radius 1 is 0.412 bits per heavy atom. The molecule has 0 bridgehead atoms. The van der Waals surface area contributed by atoms with Gasteiger partial charge in [-0.3, -0.25) is 14.4 Å². The number of fused-ring (bicyclic) bond motifs is 3. The average Bonchev–Trinajstić information content (AvgIpc) is 3.79. The second-order valence-electron chi connectivity index (χ2n) is 13.5. The maximum atomic E-state index is 11.5. The number of carbonyl (C=O) groups is 3. The Labute approximate surface area is 317 Å². The van der Waals surface area contributed by atoms with Crippen molar-refractivity contribution in [3.8, 4) is 0 Å². The summed E-state index contributed by atoms with van der Waals surface area (Å²) in [6.45, 7) is 41.1. The van der Waals surface area contributed by atoms with Crippen LogP contribution in [0.1, 0.15) is 150 Å². The fourth-order valence-corrected chi connectivity index (χ4v) is 5.25. The standard InChI is InChI=1S/C12H14O.2C10H10O.2C3H9B.4C2H6/c1-7-6-11-10(4-5-12(11)13)9(3)8(7)2;2*1-7-2-4-9-8(6-7)3-5-10(9)11;2*1-4(2)3;4*1-2/h6H,4-5H2,1-3H3;2*2,4,6H,3,5H2,1H3;2*1-3H3;4*1-2H3. The zero-order valence-electron chi connectivity index (χ0n) is 36.7. The number of carbonyl (C=O) groups excluding carboxylic acids is 3. The third-order valence-corrected chi connectivity index (χ3v) is 7.56. The minimum Gasteiger partial charge on any atom is -0.294 e. The summed E-state index contributed by atoms with van der Waals surface area (Å²) in [6.07, 6.45) is 4.95. The van der Waals surface area contributed by atoms with Crippen molar-refractivity contribution in [1.82, 2.24) is 0 Å². The second-order valence-corrected chi connectivity index (χ2v) is 13.5. The van der Waals surface area contributed by atoms with Crippen LogP contribution in [0.2, 0.25) is 40.9 Å². The molecule has 0 aromatic heterocycles. The van der Waals surface area contributed by atoms with Crippen LogP contribution >= 0.6 is 0 Å². The number of aryl methyl sites for hydroxylation is 5. The van der Waals surface area contributed by atoms with Gasteiger partial charge in [0.15, 0.2) is 17.3 Å². The van der Waals surface area contributed by atoms with Gasteiger partial charge in [-0.1, -0.05) is 144 Å². The molecule has 0 atom stereocenters. The lowest BCUT2D eigenvalue weighted by molar-refractivity contribution is 0.0986. The average molecular weight is 699 g/mol. The van der Waals surface area contributed by atoms with Gasteiger partial charge in [0.2, 0.25) is 0 Å². The van der Waals surface area contributed by atoms with Crippen molar-refractivity contribution in [3.05, 3.63) is 104 Å². The first-order valence-electron chi connectivity index (χ1n) is 20.0. The predicted molar refractivity (Wildman–Crippen MR) is 233 cm³/mol. The summed E-state index contributed by atoms with van der Waals surface area (Å²) < 4.78 is 0. The molecule has 0 aliphatic heterocycles. The van der Waals surface area contributed by atoms with E-state index >= 15 is 0 Å². The van der Waals surface area contributed by atoms with E-state index in [4.69, 9.17) is 0 Å². The first kappa shape index (κ1) is 52.2. The van der Waals surface area contributed by atoms with E-state index < -0.39 is 0 Å². The van der Waals surface area contributed by atoms with Gasteiger partial charge in [-0.25, -0.2) is 0 Å². The minimum atomic E-state index is 0.306. The van der Waals surface area contributed by atoms with Gasteiger partial charge >= 0.3 is 0 Å². The van der Waals surface area contributed by atoms with E-state index in [0.717, 1.165) is 49.4 Å². The zero-order valence-corrected chi connectivity index (χ0v) is 36.7. The molecule has 284 valence electrons. The zero-order chi connectivity index (χ0) is 40.4. The highest BCUT2D eigenvalue weighted by Gasteiger charge is 2.22. The van der Waals surface area contributed by atoms with Crippen LogP contribution in [-0.4, -0.2) is 30.8 Å². The molecule has 0 N–H and O–H groups in total. The van der Waals surface area contributed by atoms with Crippen LogP contribution in [0.3, 0.4) is 0 Å². The Bertz CT molecular complexity index is 1370. The Kier molecular flexibility index (Phi) is 30.1. The highest BCUT2D eigenvalue weighted by atomic mass is 16.1. The quantitative estimate of drug-likeness (QED) is 0.220. The summed E-state index contributed by atoms with van der Waals surface area (Å²) in [4.78, 5) is 33.8. The smallest absolute Gasteiger partial charge is 0.163 e. The molecule has 5 heteroatoms. The number of rotatable bonds is 0. The molecule has 51 heavy (non-hydrogen) atoms. The summed E-state index contributed by atoms with van der Waals surface area (Å²) in [5, 5.41) is 0. The van der Waals surface area contributed by atoms with Gasteiger partial charge in [-0.2, -0.15) is 0 Å². The molecule has 3 aliphatic carbocycles. The van der Waals surface area contributed by atoms with Gasteiger partial charge in [0, 0.05) is 36.0 Å². The molecule has 3 aromatic carbocycles. The van der Waals surface area contributed by atoms with Crippen molar-refractivity contribution in [2.75, 3.05) is 0 Å². The summed E-state index contributed by atoms with van der Waals surface area (Å²) in [5.74, 6) is 0.932. The van der Waals surface area contributed by atoms with Gasteiger partial charge < -0.3 is 0 Å². The van der Waals surface area contributed by atoms with Gasteiger partial charge in [-0.15, -0.1) is 0 Å². The first-order valence-corrected chi connectivity index (χ1v) is 20.0. The van der Waals surface area contributed by atoms with E-state index in [1.807, 2.05) is 85.7 Å². The third-order valence-electron chi connectivity index (χ3n) is 7.56. The maximum absolute atomic E-state index is 11.5. The highest BCUT2D eigenvalue weighted by molar-refractivity contribution is 6.54.